The molecule has 0 aromatic heterocycles. The predicted molar refractivity (Wildman–Crippen MR) is 105 cm³/mol. The first-order valence-electron chi connectivity index (χ1n) is 9.00. The Hall–Kier alpha value is -3.23. The van der Waals surface area contributed by atoms with E-state index in [-0.39, 0.29) is 53.8 Å². The van der Waals surface area contributed by atoms with Crippen molar-refractivity contribution < 1.29 is 27.5 Å². The van der Waals surface area contributed by atoms with Gasteiger partial charge < -0.3 is 15.4 Å². The Labute approximate surface area is 174 Å². The van der Waals surface area contributed by atoms with Gasteiger partial charge in [-0.05, 0) is 25.1 Å². The standard InChI is InChI=1S/C19H22N4O6S/c1-13(21)17(11-20)18(25)12-29-19(26)15-4-3-5-16(10-15)30(27,28)23-8-6-22(7-9-23)14(2)24/h3-5,10H,6-9,12,21H2,1-2H3/b17-13+. The molecule has 0 saturated carbocycles. The minimum absolute atomic E-state index is 0.0107. The minimum Gasteiger partial charge on any atom is -0.454 e. The molecule has 1 aromatic rings. The van der Waals surface area contributed by atoms with E-state index < -0.39 is 28.4 Å². The normalized spacial score (nSPS) is 15.7. The summed E-state index contributed by atoms with van der Waals surface area (Å²) in [5.74, 6) is -1.78. The minimum atomic E-state index is -3.87. The molecule has 160 valence electrons. The van der Waals surface area contributed by atoms with E-state index in [9.17, 15) is 22.8 Å². The molecule has 11 heteroatoms. The van der Waals surface area contributed by atoms with E-state index in [1.807, 2.05) is 0 Å². The number of amides is 1. The van der Waals surface area contributed by atoms with Gasteiger partial charge in [-0.1, -0.05) is 6.07 Å². The Morgan fingerprint density at radius 1 is 1.17 bits per heavy atom. The summed E-state index contributed by atoms with van der Waals surface area (Å²) < 4.78 is 31.9. The van der Waals surface area contributed by atoms with Crippen LogP contribution in [0.1, 0.15) is 24.2 Å². The lowest BCUT2D eigenvalue weighted by atomic mass is 10.1. The largest absolute Gasteiger partial charge is 0.454 e. The van der Waals surface area contributed by atoms with Crippen LogP contribution < -0.4 is 5.73 Å². The number of esters is 1. The second kappa shape index (κ2) is 9.51. The Morgan fingerprint density at radius 2 is 1.80 bits per heavy atom. The third-order valence-corrected chi connectivity index (χ3v) is 6.41. The predicted octanol–water partition coefficient (Wildman–Crippen LogP) is 0.0216. The average Bonchev–Trinajstić information content (AvgIpc) is 2.72. The van der Waals surface area contributed by atoms with Gasteiger partial charge in [-0.2, -0.15) is 9.57 Å². The van der Waals surface area contributed by atoms with Crippen molar-refractivity contribution in [3.8, 4) is 6.07 Å². The van der Waals surface area contributed by atoms with E-state index >= 15 is 0 Å². The van der Waals surface area contributed by atoms with Crippen molar-refractivity contribution in [1.29, 1.82) is 5.26 Å². The van der Waals surface area contributed by atoms with Gasteiger partial charge in [0.1, 0.15) is 11.6 Å². The van der Waals surface area contributed by atoms with E-state index in [4.69, 9.17) is 15.7 Å². The molecule has 1 heterocycles. The van der Waals surface area contributed by atoms with Crippen LogP contribution >= 0.6 is 0 Å². The number of benzene rings is 1. The van der Waals surface area contributed by atoms with Crippen LogP contribution in [0.15, 0.2) is 40.4 Å². The molecule has 1 amide bonds. The number of carbonyl (C=O) groups is 3. The Kier molecular flexibility index (Phi) is 7.31. The van der Waals surface area contributed by atoms with Crippen molar-refractivity contribution in [2.45, 2.75) is 18.7 Å². The maximum absolute atomic E-state index is 12.9. The quantitative estimate of drug-likeness (QED) is 0.374. The summed E-state index contributed by atoms with van der Waals surface area (Å²) in [5, 5.41) is 8.90. The third kappa shape index (κ3) is 5.22. The van der Waals surface area contributed by atoms with Crippen molar-refractivity contribution in [2.75, 3.05) is 32.8 Å². The van der Waals surface area contributed by atoms with Crippen molar-refractivity contribution in [2.24, 2.45) is 5.73 Å². The highest BCUT2D eigenvalue weighted by Gasteiger charge is 2.29. The number of carbonyl (C=O) groups excluding carboxylic acids is 3. The number of sulfonamides is 1. The summed E-state index contributed by atoms with van der Waals surface area (Å²) in [7, 11) is -3.87. The van der Waals surface area contributed by atoms with Gasteiger partial charge in [-0.15, -0.1) is 0 Å². The Bertz CT molecular complexity index is 1030. The molecule has 1 aliphatic rings. The number of hydrogen-bond acceptors (Lipinski definition) is 8. The van der Waals surface area contributed by atoms with Crippen LogP contribution in [0.5, 0.6) is 0 Å². The lowest BCUT2D eigenvalue weighted by Crippen LogP contribution is -2.49. The van der Waals surface area contributed by atoms with Crippen LogP contribution in [0.25, 0.3) is 0 Å². The lowest BCUT2D eigenvalue weighted by Gasteiger charge is -2.33. The monoisotopic (exact) mass is 434 g/mol. The van der Waals surface area contributed by atoms with Crippen LogP contribution in [0, 0.1) is 11.3 Å². The number of nitriles is 1. The first kappa shape index (κ1) is 23.1. The van der Waals surface area contributed by atoms with Gasteiger partial charge >= 0.3 is 5.97 Å². The van der Waals surface area contributed by atoms with Gasteiger partial charge in [-0.3, -0.25) is 9.59 Å². The molecule has 1 fully saturated rings. The molecule has 1 aliphatic heterocycles. The van der Waals surface area contributed by atoms with E-state index in [1.54, 1.807) is 11.0 Å². The number of Topliss-reactive ketones (excluding diaryl/α,β-unsaturated/α-hetero) is 1. The molecule has 1 aromatic carbocycles. The zero-order valence-electron chi connectivity index (χ0n) is 16.6. The Morgan fingerprint density at radius 3 is 2.33 bits per heavy atom. The van der Waals surface area contributed by atoms with Crippen molar-refractivity contribution >= 4 is 27.7 Å². The second-order valence-electron chi connectivity index (χ2n) is 6.61. The molecule has 30 heavy (non-hydrogen) atoms. The van der Waals surface area contributed by atoms with Crippen molar-refractivity contribution in [3.63, 3.8) is 0 Å². The van der Waals surface area contributed by atoms with E-state index in [1.165, 1.54) is 36.4 Å². The van der Waals surface area contributed by atoms with Crippen molar-refractivity contribution in [3.05, 3.63) is 41.1 Å². The highest BCUT2D eigenvalue weighted by Crippen LogP contribution is 2.19. The maximum atomic E-state index is 12.9. The molecule has 1 saturated heterocycles. The summed E-state index contributed by atoms with van der Waals surface area (Å²) in [5.41, 5.74) is 5.08. The Balaban J connectivity index is 2.11. The zero-order chi connectivity index (χ0) is 22.5. The first-order chi connectivity index (χ1) is 14.1. The molecule has 10 nitrogen and oxygen atoms in total. The number of ketones is 1. The molecule has 0 spiro atoms. The maximum Gasteiger partial charge on any atom is 0.338 e. The summed E-state index contributed by atoms with van der Waals surface area (Å²) in [4.78, 5) is 37.0. The van der Waals surface area contributed by atoms with Gasteiger partial charge in [0.25, 0.3) is 0 Å². The van der Waals surface area contributed by atoms with E-state index in [0.717, 1.165) is 6.07 Å². The molecule has 0 unspecified atom stereocenters. The van der Waals surface area contributed by atoms with Crippen molar-refractivity contribution in [1.82, 2.24) is 9.21 Å². The fraction of sp³-hybridized carbons (Fsp3) is 0.368. The number of allylic oxidation sites excluding steroid dienone is 1. The number of ether oxygens (including phenoxy) is 1. The summed E-state index contributed by atoms with van der Waals surface area (Å²) >= 11 is 0. The third-order valence-electron chi connectivity index (χ3n) is 4.51. The van der Waals surface area contributed by atoms with Crippen LogP contribution in [-0.4, -0.2) is 68.1 Å². The first-order valence-corrected chi connectivity index (χ1v) is 10.4. The molecule has 2 N–H and O–H groups in total. The average molecular weight is 434 g/mol. The topological polar surface area (TPSA) is 151 Å². The molecule has 0 atom stereocenters. The molecular weight excluding hydrogens is 412 g/mol. The smallest absolute Gasteiger partial charge is 0.338 e. The molecule has 0 bridgehead atoms. The van der Waals surface area contributed by atoms with Gasteiger partial charge in [0.05, 0.1) is 10.5 Å². The molecule has 0 aliphatic carbocycles. The number of piperazine rings is 1. The highest BCUT2D eigenvalue weighted by molar-refractivity contribution is 7.89. The highest BCUT2D eigenvalue weighted by atomic mass is 32.2. The fourth-order valence-electron chi connectivity index (χ4n) is 2.83. The van der Waals surface area contributed by atoms with Crippen LogP contribution in [0.4, 0.5) is 0 Å². The second-order valence-corrected chi connectivity index (χ2v) is 8.55. The van der Waals surface area contributed by atoms with E-state index in [2.05, 4.69) is 0 Å². The van der Waals surface area contributed by atoms with Crippen LogP contribution in [-0.2, 0) is 24.3 Å². The summed E-state index contributed by atoms with van der Waals surface area (Å²) in [6.45, 7) is 2.97. The number of nitrogens with two attached hydrogens (primary N) is 1. The van der Waals surface area contributed by atoms with E-state index in [0.29, 0.717) is 0 Å². The lowest BCUT2D eigenvalue weighted by molar-refractivity contribution is -0.130. The van der Waals surface area contributed by atoms with Gasteiger partial charge in [0.2, 0.25) is 21.7 Å². The number of hydrogen-bond donors (Lipinski definition) is 1. The van der Waals surface area contributed by atoms with Gasteiger partial charge in [-0.25, -0.2) is 13.2 Å². The summed E-state index contributed by atoms with van der Waals surface area (Å²) in [6.07, 6.45) is 0. The van der Waals surface area contributed by atoms with Gasteiger partial charge in [0, 0.05) is 38.8 Å². The SMILES string of the molecule is CC(=O)N1CCN(S(=O)(=O)c2cccc(C(=O)OCC(=O)/C(C#N)=C(\C)N)c2)CC1. The molecular formula is C19H22N4O6S. The molecule has 2 rings (SSSR count). The fourth-order valence-corrected chi connectivity index (χ4v) is 4.30. The number of rotatable bonds is 6. The summed E-state index contributed by atoms with van der Waals surface area (Å²) in [6, 6.07) is 6.90. The molecule has 0 radical (unpaired) electrons. The van der Waals surface area contributed by atoms with Crippen LogP contribution in [0.3, 0.4) is 0 Å². The van der Waals surface area contributed by atoms with Crippen LogP contribution in [0.2, 0.25) is 0 Å². The zero-order valence-corrected chi connectivity index (χ0v) is 17.4. The number of nitrogens with zero attached hydrogens (tertiary/aromatic N) is 3. The van der Waals surface area contributed by atoms with Gasteiger partial charge in [0.15, 0.2) is 6.61 Å².